The summed E-state index contributed by atoms with van der Waals surface area (Å²) in [5.74, 6) is -1.64. The Kier molecular flexibility index (Phi) is 4.34. The van der Waals surface area contributed by atoms with Crippen LogP contribution in [0.4, 0.5) is 18.9 Å². The van der Waals surface area contributed by atoms with Crippen molar-refractivity contribution in [3.05, 3.63) is 60.5 Å². The van der Waals surface area contributed by atoms with Crippen molar-refractivity contribution in [2.75, 3.05) is 6.26 Å². The highest BCUT2D eigenvalue weighted by atomic mass is 32.2. The maximum Gasteiger partial charge on any atom is 0.471 e. The second-order valence-electron chi connectivity index (χ2n) is 5.18. The number of halogens is 3. The Labute approximate surface area is 141 Å². The van der Waals surface area contributed by atoms with Gasteiger partial charge in [-0.25, -0.2) is 4.21 Å². The van der Waals surface area contributed by atoms with E-state index >= 15 is 0 Å². The molecule has 0 spiro atoms. The Morgan fingerprint density at radius 3 is 2.44 bits per heavy atom. The quantitative estimate of drug-likeness (QED) is 0.681. The van der Waals surface area contributed by atoms with Crippen molar-refractivity contribution in [2.45, 2.75) is 11.1 Å². The maximum absolute atomic E-state index is 12.8. The molecular formula is C16H12F3N3O2S. The Bertz CT molecular complexity index is 1010. The molecule has 2 aromatic carbocycles. The second kappa shape index (κ2) is 6.32. The largest absolute Gasteiger partial charge is 0.471 e. The molecule has 3 rings (SSSR count). The Morgan fingerprint density at radius 2 is 1.80 bits per heavy atom. The summed E-state index contributed by atoms with van der Waals surface area (Å²) in [4.78, 5) is 3.89. The molecule has 1 unspecified atom stereocenters. The van der Waals surface area contributed by atoms with E-state index in [4.69, 9.17) is 0 Å². The highest BCUT2D eigenvalue weighted by molar-refractivity contribution is 7.93. The van der Waals surface area contributed by atoms with Gasteiger partial charge in [-0.15, -0.1) is 0 Å². The fourth-order valence-electron chi connectivity index (χ4n) is 2.08. The fourth-order valence-corrected chi connectivity index (χ4v) is 3.37. The molecule has 0 fully saturated rings. The number of alkyl halides is 3. The summed E-state index contributed by atoms with van der Waals surface area (Å²) in [5, 5.41) is 3.33. The smallest absolute Gasteiger partial charge is 0.329 e. The first kappa shape index (κ1) is 17.2. The zero-order chi connectivity index (χ0) is 18.1. The van der Waals surface area contributed by atoms with E-state index in [1.165, 1.54) is 18.4 Å². The fraction of sp³-hybridized carbons (Fsp3) is 0.125. The summed E-state index contributed by atoms with van der Waals surface area (Å²) in [6.45, 7) is 0. The monoisotopic (exact) mass is 367 g/mol. The minimum absolute atomic E-state index is 0.216. The van der Waals surface area contributed by atoms with Crippen molar-refractivity contribution in [1.29, 1.82) is 0 Å². The van der Waals surface area contributed by atoms with E-state index in [0.717, 1.165) is 0 Å². The van der Waals surface area contributed by atoms with E-state index in [0.29, 0.717) is 10.6 Å². The van der Waals surface area contributed by atoms with Gasteiger partial charge in [0.25, 0.3) is 0 Å². The van der Waals surface area contributed by atoms with Gasteiger partial charge in [0.1, 0.15) is 0 Å². The van der Waals surface area contributed by atoms with Gasteiger partial charge in [0.2, 0.25) is 5.82 Å². The molecule has 1 heterocycles. The van der Waals surface area contributed by atoms with E-state index in [9.17, 15) is 17.4 Å². The predicted molar refractivity (Wildman–Crippen MR) is 85.6 cm³/mol. The minimum atomic E-state index is -4.71. The van der Waals surface area contributed by atoms with Crippen molar-refractivity contribution in [1.82, 2.24) is 10.1 Å². The number of aromatic nitrogens is 2. The van der Waals surface area contributed by atoms with Gasteiger partial charge in [-0.1, -0.05) is 35.5 Å². The Morgan fingerprint density at radius 1 is 1.08 bits per heavy atom. The van der Waals surface area contributed by atoms with Crippen molar-refractivity contribution >= 4 is 15.4 Å². The molecular weight excluding hydrogens is 355 g/mol. The average molecular weight is 367 g/mol. The van der Waals surface area contributed by atoms with E-state index < -0.39 is 21.8 Å². The summed E-state index contributed by atoms with van der Waals surface area (Å²) in [7, 11) is -2.70. The lowest BCUT2D eigenvalue weighted by Crippen LogP contribution is -2.04. The van der Waals surface area contributed by atoms with Crippen molar-refractivity contribution < 1.29 is 21.9 Å². The SMILES string of the molecule is CS(=O)(=Nc1cccc(-c2noc(C(F)(F)F)n2)c1)c1ccccc1. The number of nitrogens with zero attached hydrogens (tertiary/aromatic N) is 3. The Balaban J connectivity index is 1.99. The molecule has 5 nitrogen and oxygen atoms in total. The van der Waals surface area contributed by atoms with Crippen LogP contribution in [-0.4, -0.2) is 20.6 Å². The zero-order valence-corrected chi connectivity index (χ0v) is 13.7. The maximum atomic E-state index is 12.8. The van der Waals surface area contributed by atoms with Crippen LogP contribution in [0.1, 0.15) is 5.89 Å². The first-order chi connectivity index (χ1) is 11.8. The first-order valence-corrected chi connectivity index (χ1v) is 8.96. The summed E-state index contributed by atoms with van der Waals surface area (Å²) < 4.78 is 58.9. The van der Waals surface area contributed by atoms with Crippen LogP contribution in [0.2, 0.25) is 0 Å². The molecule has 9 heteroatoms. The highest BCUT2D eigenvalue weighted by Crippen LogP contribution is 2.30. The molecule has 1 atom stereocenters. The third-order valence-corrected chi connectivity index (χ3v) is 4.94. The lowest BCUT2D eigenvalue weighted by molar-refractivity contribution is -0.159. The van der Waals surface area contributed by atoms with Gasteiger partial charge >= 0.3 is 12.1 Å². The van der Waals surface area contributed by atoms with Crippen molar-refractivity contribution in [3.8, 4) is 11.4 Å². The molecule has 0 aliphatic heterocycles. The lowest BCUT2D eigenvalue weighted by atomic mass is 10.2. The summed E-state index contributed by atoms with van der Waals surface area (Å²) in [6.07, 6.45) is -3.22. The van der Waals surface area contributed by atoms with Gasteiger partial charge in [-0.3, -0.25) is 0 Å². The van der Waals surface area contributed by atoms with Crippen LogP contribution in [0.15, 0.2) is 68.4 Å². The third-order valence-electron chi connectivity index (χ3n) is 3.23. The van der Waals surface area contributed by atoms with Gasteiger partial charge < -0.3 is 4.52 Å². The molecule has 0 radical (unpaired) electrons. The number of hydrogen-bond acceptors (Lipinski definition) is 5. The lowest BCUT2D eigenvalue weighted by Gasteiger charge is -2.04. The molecule has 0 aliphatic carbocycles. The first-order valence-electron chi connectivity index (χ1n) is 7.04. The zero-order valence-electron chi connectivity index (χ0n) is 12.9. The molecule has 130 valence electrons. The molecule has 3 aromatic rings. The second-order valence-corrected chi connectivity index (χ2v) is 7.44. The van der Waals surface area contributed by atoms with Gasteiger partial charge in [0.15, 0.2) is 0 Å². The minimum Gasteiger partial charge on any atom is -0.329 e. The van der Waals surface area contributed by atoms with Crippen molar-refractivity contribution in [3.63, 3.8) is 0 Å². The molecule has 0 bridgehead atoms. The molecule has 0 aliphatic rings. The number of rotatable bonds is 3. The van der Waals surface area contributed by atoms with Crippen LogP contribution >= 0.6 is 0 Å². The molecule has 0 saturated carbocycles. The van der Waals surface area contributed by atoms with E-state index in [2.05, 4.69) is 19.0 Å². The normalized spacial score (nSPS) is 14.1. The van der Waals surface area contributed by atoms with Gasteiger partial charge in [0, 0.05) is 16.7 Å². The molecule has 25 heavy (non-hydrogen) atoms. The molecule has 1 aromatic heterocycles. The van der Waals surface area contributed by atoms with E-state index in [1.54, 1.807) is 42.5 Å². The van der Waals surface area contributed by atoms with Crippen LogP contribution in [0.25, 0.3) is 11.4 Å². The predicted octanol–water partition coefficient (Wildman–Crippen LogP) is 4.54. The topological polar surface area (TPSA) is 68.3 Å². The van der Waals surface area contributed by atoms with Crippen LogP contribution in [-0.2, 0) is 15.9 Å². The van der Waals surface area contributed by atoms with Gasteiger partial charge in [0.05, 0.1) is 15.4 Å². The molecule has 0 N–H and O–H groups in total. The Hall–Kier alpha value is -2.68. The third kappa shape index (κ3) is 3.87. The average Bonchev–Trinajstić information content (AvgIpc) is 3.06. The summed E-state index contributed by atoms with van der Waals surface area (Å²) >= 11 is 0. The summed E-state index contributed by atoms with van der Waals surface area (Å²) in [6, 6.07) is 14.8. The standard InChI is InChI=1S/C16H12F3N3O2S/c1-25(23,13-8-3-2-4-9-13)22-12-7-5-6-11(10-12)14-20-15(24-21-14)16(17,18)19/h2-10H,1H3. The molecule has 0 saturated heterocycles. The van der Waals surface area contributed by atoms with Crippen LogP contribution in [0.3, 0.4) is 0 Å². The molecule has 0 amide bonds. The highest BCUT2D eigenvalue weighted by Gasteiger charge is 2.38. The van der Waals surface area contributed by atoms with Crippen LogP contribution in [0, 0.1) is 0 Å². The number of benzene rings is 2. The van der Waals surface area contributed by atoms with Crippen LogP contribution < -0.4 is 0 Å². The van der Waals surface area contributed by atoms with E-state index in [1.807, 2.05) is 0 Å². The summed E-state index contributed by atoms with van der Waals surface area (Å²) in [5.41, 5.74) is 0.621. The van der Waals surface area contributed by atoms with E-state index in [-0.39, 0.29) is 11.4 Å². The van der Waals surface area contributed by atoms with Crippen molar-refractivity contribution in [2.24, 2.45) is 4.36 Å². The van der Waals surface area contributed by atoms with Crippen LogP contribution in [0.5, 0.6) is 0 Å². The van der Waals surface area contributed by atoms with Gasteiger partial charge in [-0.05, 0) is 24.3 Å². The number of hydrogen-bond donors (Lipinski definition) is 0. The van der Waals surface area contributed by atoms with Gasteiger partial charge in [-0.2, -0.15) is 22.5 Å².